The summed E-state index contributed by atoms with van der Waals surface area (Å²) in [4.78, 5) is 3.76. The van der Waals surface area contributed by atoms with E-state index in [9.17, 15) is 13.2 Å². The molecule has 1 unspecified atom stereocenters. The van der Waals surface area contributed by atoms with Crippen LogP contribution < -0.4 is 0 Å². The molecule has 0 saturated carbocycles. The van der Waals surface area contributed by atoms with Crippen molar-refractivity contribution in [3.05, 3.63) is 83.8 Å². The maximum atomic E-state index is 13.0. The minimum absolute atomic E-state index is 0.0295. The highest BCUT2D eigenvalue weighted by atomic mass is 19.4. The third-order valence-electron chi connectivity index (χ3n) is 5.67. The molecule has 2 aromatic heterocycles. The predicted molar refractivity (Wildman–Crippen MR) is 119 cm³/mol. The van der Waals surface area contributed by atoms with E-state index in [0.717, 1.165) is 23.0 Å². The lowest BCUT2D eigenvalue weighted by Crippen LogP contribution is -2.07. The normalized spacial score (nSPS) is 13.0. The highest BCUT2D eigenvalue weighted by Gasteiger charge is 2.34. The van der Waals surface area contributed by atoms with Crippen LogP contribution in [0.1, 0.15) is 49.6 Å². The van der Waals surface area contributed by atoms with Gasteiger partial charge in [0.1, 0.15) is 5.82 Å². The lowest BCUT2D eigenvalue weighted by molar-refractivity contribution is -0.140. The van der Waals surface area contributed by atoms with Crippen LogP contribution in [-0.4, -0.2) is 19.3 Å². The first kappa shape index (κ1) is 21.9. The van der Waals surface area contributed by atoms with E-state index in [0.29, 0.717) is 11.5 Å². The third-order valence-corrected chi connectivity index (χ3v) is 5.67. The Morgan fingerprint density at radius 3 is 2.22 bits per heavy atom. The molecule has 0 saturated heterocycles. The molecule has 32 heavy (non-hydrogen) atoms. The van der Waals surface area contributed by atoms with Gasteiger partial charge in [-0.1, -0.05) is 56.3 Å². The third kappa shape index (κ3) is 4.33. The molecule has 2 heterocycles. The van der Waals surface area contributed by atoms with Crippen molar-refractivity contribution in [2.45, 2.75) is 38.9 Å². The van der Waals surface area contributed by atoms with Gasteiger partial charge < -0.3 is 4.57 Å². The van der Waals surface area contributed by atoms with Crippen LogP contribution >= 0.6 is 0 Å². The van der Waals surface area contributed by atoms with Crippen molar-refractivity contribution in [2.24, 2.45) is 7.05 Å². The van der Waals surface area contributed by atoms with Crippen molar-refractivity contribution in [3.8, 4) is 22.6 Å². The summed E-state index contributed by atoms with van der Waals surface area (Å²) in [6.07, 6.45) is -1.51. The lowest BCUT2D eigenvalue weighted by atomic mass is 10.00. The summed E-state index contributed by atoms with van der Waals surface area (Å²) in [6, 6.07) is 17.8. The summed E-state index contributed by atoms with van der Waals surface area (Å²) in [5.74, 6) is 0.725. The summed E-state index contributed by atoms with van der Waals surface area (Å²) in [5.41, 5.74) is 3.99. The van der Waals surface area contributed by atoms with Gasteiger partial charge in [0.05, 0.1) is 11.7 Å². The first-order valence-electron chi connectivity index (χ1n) is 10.5. The number of hydrogen-bond donors (Lipinski definition) is 0. The number of nitrogens with zero attached hydrogens (tertiary/aromatic N) is 4. The summed E-state index contributed by atoms with van der Waals surface area (Å²) < 4.78 is 42.2. The van der Waals surface area contributed by atoms with Crippen LogP contribution in [-0.2, 0) is 13.2 Å². The standard InChI is InChI=1S/C25H25F3N4/c1-16(2)20-6-5-7-21(14-20)22-12-13-32(30-22)17(3)18-8-10-19(11-9-18)24-29-23(15-31(24)4)25(26,27)28/h5-17H,1-4H3. The molecule has 0 aliphatic carbocycles. The number of hydrogen-bond acceptors (Lipinski definition) is 2. The number of aryl methyl sites for hydroxylation is 1. The lowest BCUT2D eigenvalue weighted by Gasteiger charge is -2.13. The SMILES string of the molecule is CC(C)c1cccc(-c2ccn(C(C)c3ccc(-c4nc(C(F)(F)F)cn4C)cc3)n2)c1. The molecule has 0 N–H and O–H groups in total. The van der Waals surface area contributed by atoms with Crippen molar-refractivity contribution in [3.63, 3.8) is 0 Å². The van der Waals surface area contributed by atoms with E-state index in [-0.39, 0.29) is 11.9 Å². The minimum Gasteiger partial charge on any atom is -0.333 e. The molecule has 0 bridgehead atoms. The molecule has 0 fully saturated rings. The highest BCUT2D eigenvalue weighted by Crippen LogP contribution is 2.31. The van der Waals surface area contributed by atoms with Crippen LogP contribution in [0.3, 0.4) is 0 Å². The summed E-state index contributed by atoms with van der Waals surface area (Å²) in [5, 5.41) is 4.76. The Labute approximate surface area is 185 Å². The Hall–Kier alpha value is -3.35. The van der Waals surface area contributed by atoms with Crippen molar-refractivity contribution in [1.29, 1.82) is 0 Å². The van der Waals surface area contributed by atoms with Gasteiger partial charge in [0.25, 0.3) is 0 Å². The number of alkyl halides is 3. The highest BCUT2D eigenvalue weighted by molar-refractivity contribution is 5.60. The number of benzene rings is 2. The first-order valence-corrected chi connectivity index (χ1v) is 10.5. The molecule has 4 nitrogen and oxygen atoms in total. The van der Waals surface area contributed by atoms with Crippen LogP contribution in [0, 0.1) is 0 Å². The quantitative estimate of drug-likeness (QED) is 0.347. The number of halogens is 3. The van der Waals surface area contributed by atoms with Gasteiger partial charge in [-0.05, 0) is 36.1 Å². The van der Waals surface area contributed by atoms with E-state index in [4.69, 9.17) is 5.10 Å². The molecule has 0 aliphatic rings. The molecular weight excluding hydrogens is 413 g/mol. The Bertz CT molecular complexity index is 1220. The number of aromatic nitrogens is 4. The smallest absolute Gasteiger partial charge is 0.333 e. The largest absolute Gasteiger partial charge is 0.434 e. The fourth-order valence-electron chi connectivity index (χ4n) is 3.70. The maximum Gasteiger partial charge on any atom is 0.434 e. The van der Waals surface area contributed by atoms with Gasteiger partial charge in [0.15, 0.2) is 5.69 Å². The zero-order chi connectivity index (χ0) is 23.0. The minimum atomic E-state index is -4.46. The Balaban J connectivity index is 1.56. The van der Waals surface area contributed by atoms with Crippen LogP contribution in [0.4, 0.5) is 13.2 Å². The van der Waals surface area contributed by atoms with Crippen molar-refractivity contribution in [2.75, 3.05) is 0 Å². The average Bonchev–Trinajstić information content (AvgIpc) is 3.40. The second-order valence-electron chi connectivity index (χ2n) is 8.32. The number of rotatable bonds is 5. The fourth-order valence-corrected chi connectivity index (χ4v) is 3.70. The second-order valence-corrected chi connectivity index (χ2v) is 8.32. The van der Waals surface area contributed by atoms with Crippen LogP contribution in [0.5, 0.6) is 0 Å². The molecule has 1 atom stereocenters. The number of imidazole rings is 1. The zero-order valence-electron chi connectivity index (χ0n) is 18.4. The molecule has 4 rings (SSSR count). The van der Waals surface area contributed by atoms with Crippen molar-refractivity contribution >= 4 is 0 Å². The zero-order valence-corrected chi connectivity index (χ0v) is 18.4. The van der Waals surface area contributed by atoms with E-state index in [1.54, 1.807) is 19.2 Å². The summed E-state index contributed by atoms with van der Waals surface area (Å²) in [6.45, 7) is 6.37. The molecule has 0 spiro atoms. The Kier molecular flexibility index (Phi) is 5.67. The molecular formula is C25H25F3N4. The first-order chi connectivity index (χ1) is 15.1. The van der Waals surface area contributed by atoms with Crippen LogP contribution in [0.2, 0.25) is 0 Å². The van der Waals surface area contributed by atoms with Gasteiger partial charge in [0, 0.05) is 30.6 Å². The Morgan fingerprint density at radius 2 is 1.59 bits per heavy atom. The van der Waals surface area contributed by atoms with Gasteiger partial charge >= 0.3 is 6.18 Å². The van der Waals surface area contributed by atoms with Gasteiger partial charge in [-0.25, -0.2) is 4.98 Å². The second kappa shape index (κ2) is 8.30. The van der Waals surface area contributed by atoms with Gasteiger partial charge in [-0.15, -0.1) is 0 Å². The molecule has 0 amide bonds. The molecule has 0 aliphatic heterocycles. The predicted octanol–water partition coefficient (Wildman–Crippen LogP) is 6.70. The molecule has 166 valence electrons. The molecule has 0 radical (unpaired) electrons. The molecule has 7 heteroatoms. The topological polar surface area (TPSA) is 35.6 Å². The fraction of sp³-hybridized carbons (Fsp3) is 0.280. The van der Waals surface area contributed by atoms with Crippen molar-refractivity contribution in [1.82, 2.24) is 19.3 Å². The Morgan fingerprint density at radius 1 is 0.875 bits per heavy atom. The van der Waals surface area contributed by atoms with Crippen LogP contribution in [0.25, 0.3) is 22.6 Å². The summed E-state index contributed by atoms with van der Waals surface area (Å²) >= 11 is 0. The van der Waals surface area contributed by atoms with Gasteiger partial charge in [-0.3, -0.25) is 4.68 Å². The van der Waals surface area contributed by atoms with E-state index in [2.05, 4.69) is 37.0 Å². The average molecular weight is 438 g/mol. The van der Waals surface area contributed by atoms with Gasteiger partial charge in [-0.2, -0.15) is 18.3 Å². The van der Waals surface area contributed by atoms with Crippen LogP contribution in [0.15, 0.2) is 67.0 Å². The molecule has 2 aromatic carbocycles. The van der Waals surface area contributed by atoms with E-state index >= 15 is 0 Å². The van der Waals surface area contributed by atoms with E-state index < -0.39 is 11.9 Å². The van der Waals surface area contributed by atoms with E-state index in [1.165, 1.54) is 10.1 Å². The maximum absolute atomic E-state index is 13.0. The van der Waals surface area contributed by atoms with Gasteiger partial charge in [0.2, 0.25) is 0 Å². The monoisotopic (exact) mass is 438 g/mol. The van der Waals surface area contributed by atoms with E-state index in [1.807, 2.05) is 42.1 Å². The summed E-state index contributed by atoms with van der Waals surface area (Å²) in [7, 11) is 1.56. The van der Waals surface area contributed by atoms with Crippen molar-refractivity contribution < 1.29 is 13.2 Å². The molecule has 4 aromatic rings.